The quantitative estimate of drug-likeness (QED) is 0.871. The van der Waals surface area contributed by atoms with Crippen LogP contribution in [0, 0.1) is 0 Å². The second-order valence-electron chi connectivity index (χ2n) is 5.02. The molecule has 1 heterocycles. The molecule has 0 aromatic heterocycles. The third-order valence-corrected chi connectivity index (χ3v) is 5.14. The van der Waals surface area contributed by atoms with Crippen LogP contribution in [0.1, 0.15) is 25.3 Å². The van der Waals surface area contributed by atoms with Crippen LogP contribution in [0.25, 0.3) is 11.1 Å². The van der Waals surface area contributed by atoms with E-state index in [0.717, 1.165) is 36.0 Å². The number of benzene rings is 2. The predicted octanol–water partition coefficient (Wildman–Crippen LogP) is 3.90. The lowest BCUT2D eigenvalue weighted by Crippen LogP contribution is -2.21. The Kier molecular flexibility index (Phi) is 3.41. The van der Waals surface area contributed by atoms with Gasteiger partial charge in [0.05, 0.1) is 5.30 Å². The Hall–Kier alpha value is -1.57. The van der Waals surface area contributed by atoms with E-state index >= 15 is 0 Å². The molecule has 0 amide bonds. The van der Waals surface area contributed by atoms with E-state index in [-0.39, 0.29) is 0 Å². The molecule has 0 radical (unpaired) electrons. The van der Waals surface area contributed by atoms with Gasteiger partial charge in [0.2, 0.25) is 0 Å². The zero-order valence-electron chi connectivity index (χ0n) is 11.4. The lowest BCUT2D eigenvalue weighted by Gasteiger charge is -2.26. The van der Waals surface area contributed by atoms with Crippen molar-refractivity contribution in [2.45, 2.75) is 26.2 Å². The van der Waals surface area contributed by atoms with Gasteiger partial charge in [0.1, 0.15) is 5.75 Å². The van der Waals surface area contributed by atoms with Crippen molar-refractivity contribution in [2.75, 3.05) is 0 Å². The normalized spacial score (nSPS) is 19.9. The summed E-state index contributed by atoms with van der Waals surface area (Å²) < 4.78 is 17.9. The van der Waals surface area contributed by atoms with Crippen molar-refractivity contribution < 1.29 is 14.0 Å². The molecule has 2 aromatic rings. The first-order valence-corrected chi connectivity index (χ1v) is 8.45. The molecule has 4 heteroatoms. The van der Waals surface area contributed by atoms with Crippen LogP contribution in [0.15, 0.2) is 42.5 Å². The summed E-state index contributed by atoms with van der Waals surface area (Å²) in [5.41, 5.74) is 2.64. The van der Waals surface area contributed by atoms with E-state index in [1.165, 1.54) is 0 Å². The van der Waals surface area contributed by atoms with Crippen molar-refractivity contribution in [1.29, 1.82) is 0 Å². The van der Waals surface area contributed by atoms with Crippen molar-refractivity contribution >= 4 is 12.9 Å². The summed E-state index contributed by atoms with van der Waals surface area (Å²) in [4.78, 5) is 10.3. The lowest BCUT2D eigenvalue weighted by molar-refractivity contribution is 0.392. The summed E-state index contributed by atoms with van der Waals surface area (Å²) in [7, 11) is -3.79. The molecule has 1 unspecified atom stereocenters. The fraction of sp³-hybridized carbons (Fsp3) is 0.250. The highest BCUT2D eigenvalue weighted by molar-refractivity contribution is 7.62. The van der Waals surface area contributed by atoms with E-state index in [1.54, 1.807) is 6.07 Å². The standard InChI is InChI=1S/C16H17O3P/c1-2-3-7-12-8-6-10-14-13-9-4-5-11-15(13)19-20(17,18)16(12)14/h4-6,8-11H,2-3,7H2,1H3,(H,17,18). The molecule has 0 spiro atoms. The van der Waals surface area contributed by atoms with E-state index in [9.17, 15) is 9.46 Å². The molecule has 3 rings (SSSR count). The van der Waals surface area contributed by atoms with Gasteiger partial charge < -0.3 is 9.42 Å². The Bertz CT molecular complexity index is 694. The molecule has 1 N–H and O–H groups in total. The van der Waals surface area contributed by atoms with Crippen LogP contribution in [0.5, 0.6) is 5.75 Å². The van der Waals surface area contributed by atoms with Crippen LogP contribution in [-0.4, -0.2) is 4.89 Å². The topological polar surface area (TPSA) is 46.5 Å². The Morgan fingerprint density at radius 2 is 1.85 bits per heavy atom. The number of hydrogen-bond donors (Lipinski definition) is 1. The number of para-hydroxylation sites is 1. The first-order chi connectivity index (χ1) is 9.63. The van der Waals surface area contributed by atoms with Gasteiger partial charge in [-0.25, -0.2) is 4.57 Å². The highest BCUT2D eigenvalue weighted by atomic mass is 31.2. The average molecular weight is 288 g/mol. The van der Waals surface area contributed by atoms with E-state index in [4.69, 9.17) is 4.52 Å². The van der Waals surface area contributed by atoms with Crippen LogP contribution in [0.4, 0.5) is 0 Å². The van der Waals surface area contributed by atoms with E-state index in [2.05, 4.69) is 6.92 Å². The SMILES string of the molecule is CCCCc1cccc2c1P(=O)(O)Oc1ccccc1-2. The van der Waals surface area contributed by atoms with Gasteiger partial charge in [-0.05, 0) is 24.5 Å². The Labute approximate surface area is 118 Å². The minimum atomic E-state index is -3.79. The van der Waals surface area contributed by atoms with Crippen LogP contribution >= 0.6 is 7.60 Å². The number of fused-ring (bicyclic) bond motifs is 3. The minimum absolute atomic E-state index is 0.479. The van der Waals surface area contributed by atoms with Gasteiger partial charge in [0.25, 0.3) is 0 Å². The molecule has 3 nitrogen and oxygen atoms in total. The Morgan fingerprint density at radius 1 is 1.10 bits per heavy atom. The molecule has 1 aliphatic rings. The van der Waals surface area contributed by atoms with E-state index < -0.39 is 7.60 Å². The summed E-state index contributed by atoms with van der Waals surface area (Å²) >= 11 is 0. The van der Waals surface area contributed by atoms with Gasteiger partial charge in [-0.2, -0.15) is 0 Å². The van der Waals surface area contributed by atoms with Crippen LogP contribution in [0.3, 0.4) is 0 Å². The molecule has 2 aromatic carbocycles. The maximum atomic E-state index is 12.5. The zero-order chi connectivity index (χ0) is 14.2. The van der Waals surface area contributed by atoms with E-state index in [1.807, 2.05) is 36.4 Å². The van der Waals surface area contributed by atoms with Crippen LogP contribution in [-0.2, 0) is 11.0 Å². The fourth-order valence-electron chi connectivity index (χ4n) is 2.66. The summed E-state index contributed by atoms with van der Waals surface area (Å²) in [6.45, 7) is 2.11. The number of rotatable bonds is 3. The van der Waals surface area contributed by atoms with Crippen LogP contribution < -0.4 is 9.83 Å². The molecule has 1 atom stereocenters. The number of aryl methyl sites for hydroxylation is 1. The minimum Gasteiger partial charge on any atom is -0.421 e. The third-order valence-electron chi connectivity index (χ3n) is 3.60. The second-order valence-corrected chi connectivity index (χ2v) is 6.70. The molecule has 0 aliphatic carbocycles. The molecule has 20 heavy (non-hydrogen) atoms. The zero-order valence-corrected chi connectivity index (χ0v) is 12.3. The number of unbranched alkanes of at least 4 members (excludes halogenated alkanes) is 1. The molecule has 0 bridgehead atoms. The molecule has 1 aliphatic heterocycles. The van der Waals surface area contributed by atoms with Gasteiger partial charge in [-0.15, -0.1) is 0 Å². The molecular weight excluding hydrogens is 271 g/mol. The average Bonchev–Trinajstić information content (AvgIpc) is 2.44. The largest absolute Gasteiger partial charge is 0.421 e. The van der Waals surface area contributed by atoms with Crippen molar-refractivity contribution in [3.05, 3.63) is 48.0 Å². The summed E-state index contributed by atoms with van der Waals surface area (Å²) in [6, 6.07) is 13.2. The maximum Gasteiger partial charge on any atom is 0.409 e. The third kappa shape index (κ3) is 2.17. The van der Waals surface area contributed by atoms with Crippen molar-refractivity contribution in [2.24, 2.45) is 0 Å². The molecular formula is C16H17O3P. The van der Waals surface area contributed by atoms with Crippen molar-refractivity contribution in [1.82, 2.24) is 0 Å². The Balaban J connectivity index is 2.22. The Morgan fingerprint density at radius 3 is 2.65 bits per heavy atom. The fourth-order valence-corrected chi connectivity index (χ4v) is 4.22. The smallest absolute Gasteiger partial charge is 0.409 e. The van der Waals surface area contributed by atoms with Crippen molar-refractivity contribution in [3.63, 3.8) is 0 Å². The van der Waals surface area contributed by atoms with Gasteiger partial charge in [0, 0.05) is 11.1 Å². The highest BCUT2D eigenvalue weighted by Gasteiger charge is 2.36. The molecule has 0 fully saturated rings. The second kappa shape index (κ2) is 5.08. The summed E-state index contributed by atoms with van der Waals surface area (Å²) in [5, 5.41) is 0.479. The van der Waals surface area contributed by atoms with Gasteiger partial charge in [-0.1, -0.05) is 49.7 Å². The molecule has 0 saturated carbocycles. The van der Waals surface area contributed by atoms with Gasteiger partial charge in [0.15, 0.2) is 0 Å². The molecule has 104 valence electrons. The maximum absolute atomic E-state index is 12.5. The first-order valence-electron chi connectivity index (χ1n) is 6.87. The van der Waals surface area contributed by atoms with Gasteiger partial charge >= 0.3 is 7.60 Å². The van der Waals surface area contributed by atoms with Gasteiger partial charge in [-0.3, -0.25) is 0 Å². The number of hydrogen-bond acceptors (Lipinski definition) is 2. The summed E-state index contributed by atoms with van der Waals surface area (Å²) in [5.74, 6) is 0.485. The van der Waals surface area contributed by atoms with E-state index in [0.29, 0.717) is 11.1 Å². The first kappa shape index (κ1) is 13.4. The predicted molar refractivity (Wildman–Crippen MR) is 80.6 cm³/mol. The van der Waals surface area contributed by atoms with Crippen molar-refractivity contribution in [3.8, 4) is 16.9 Å². The summed E-state index contributed by atoms with van der Waals surface area (Å²) in [6.07, 6.45) is 2.85. The lowest BCUT2D eigenvalue weighted by atomic mass is 9.99. The highest BCUT2D eigenvalue weighted by Crippen LogP contribution is 2.52. The monoisotopic (exact) mass is 288 g/mol. The van der Waals surface area contributed by atoms with Crippen LogP contribution in [0.2, 0.25) is 0 Å². The molecule has 0 saturated heterocycles.